The molecule has 37 heavy (non-hydrogen) atoms. The van der Waals surface area contributed by atoms with Gasteiger partial charge in [0.1, 0.15) is 17.4 Å². The van der Waals surface area contributed by atoms with Gasteiger partial charge >= 0.3 is 0 Å². The van der Waals surface area contributed by atoms with Gasteiger partial charge in [-0.25, -0.2) is 4.98 Å². The lowest BCUT2D eigenvalue weighted by molar-refractivity contribution is 0.0593. The third-order valence-electron chi connectivity index (χ3n) is 7.61. The number of aromatic amines is 1. The van der Waals surface area contributed by atoms with Gasteiger partial charge in [-0.1, -0.05) is 38.2 Å². The molecule has 1 aromatic carbocycles. The van der Waals surface area contributed by atoms with Crippen molar-refractivity contribution in [1.29, 1.82) is 0 Å². The predicted molar refractivity (Wildman–Crippen MR) is 143 cm³/mol. The largest absolute Gasteiger partial charge is 0.494 e. The second kappa shape index (κ2) is 12.3. The first kappa shape index (κ1) is 25.4. The van der Waals surface area contributed by atoms with E-state index in [1.165, 1.54) is 32.1 Å². The molecule has 1 amide bonds. The molecule has 196 valence electrons. The van der Waals surface area contributed by atoms with E-state index in [-0.39, 0.29) is 11.7 Å². The van der Waals surface area contributed by atoms with E-state index in [4.69, 9.17) is 9.47 Å². The summed E-state index contributed by atoms with van der Waals surface area (Å²) in [4.78, 5) is 20.3. The summed E-state index contributed by atoms with van der Waals surface area (Å²) in [6.45, 7) is 4.49. The Morgan fingerprint density at radius 3 is 2.73 bits per heavy atom. The van der Waals surface area contributed by atoms with Crippen molar-refractivity contribution in [1.82, 2.24) is 20.2 Å². The van der Waals surface area contributed by atoms with Crippen LogP contribution in [0.15, 0.2) is 36.5 Å². The molecule has 2 fully saturated rings. The lowest BCUT2D eigenvalue weighted by Gasteiger charge is -2.22. The molecule has 8 nitrogen and oxygen atoms in total. The topological polar surface area (TPSA) is 102 Å². The zero-order chi connectivity index (χ0) is 25.5. The number of rotatable bonds is 9. The molecule has 8 heteroatoms. The molecule has 2 aliphatic rings. The highest BCUT2D eigenvalue weighted by Crippen LogP contribution is 2.30. The summed E-state index contributed by atoms with van der Waals surface area (Å²) < 4.78 is 11.5. The van der Waals surface area contributed by atoms with Crippen LogP contribution in [-0.4, -0.2) is 45.9 Å². The van der Waals surface area contributed by atoms with Crippen molar-refractivity contribution in [2.45, 2.75) is 64.7 Å². The van der Waals surface area contributed by atoms with Gasteiger partial charge in [0.05, 0.1) is 6.61 Å². The highest BCUT2D eigenvalue weighted by molar-refractivity contribution is 6.01. The van der Waals surface area contributed by atoms with Crippen molar-refractivity contribution in [2.24, 2.45) is 11.8 Å². The zero-order valence-corrected chi connectivity index (χ0v) is 21.7. The van der Waals surface area contributed by atoms with E-state index in [0.29, 0.717) is 24.3 Å². The first-order valence-electron chi connectivity index (χ1n) is 13.6. The average molecular weight is 504 g/mol. The van der Waals surface area contributed by atoms with Crippen molar-refractivity contribution in [2.75, 3.05) is 25.1 Å². The number of carbonyl (C=O) groups is 1. The minimum absolute atomic E-state index is 0.217. The summed E-state index contributed by atoms with van der Waals surface area (Å²) in [5.41, 5.74) is 3.15. The van der Waals surface area contributed by atoms with Crippen LogP contribution in [0.1, 0.15) is 73.4 Å². The number of anilines is 1. The van der Waals surface area contributed by atoms with Crippen LogP contribution >= 0.6 is 0 Å². The summed E-state index contributed by atoms with van der Waals surface area (Å²) in [6.07, 6.45) is 12.1. The summed E-state index contributed by atoms with van der Waals surface area (Å²) in [6, 6.07) is 9.97. The van der Waals surface area contributed by atoms with E-state index in [0.717, 1.165) is 67.2 Å². The Bertz CT molecular complexity index is 1180. The molecular weight excluding hydrogens is 466 g/mol. The molecule has 0 spiro atoms. The van der Waals surface area contributed by atoms with Gasteiger partial charge in [0, 0.05) is 25.8 Å². The minimum atomic E-state index is -0.339. The minimum Gasteiger partial charge on any atom is -0.494 e. The molecule has 0 bridgehead atoms. The highest BCUT2D eigenvalue weighted by Gasteiger charge is 2.19. The molecule has 3 aromatic rings. The van der Waals surface area contributed by atoms with Crippen LogP contribution < -0.4 is 10.1 Å². The third kappa shape index (κ3) is 6.95. The predicted octanol–water partition coefficient (Wildman–Crippen LogP) is 5.75. The maximum Gasteiger partial charge on any atom is 0.294 e. The summed E-state index contributed by atoms with van der Waals surface area (Å²) in [7, 11) is 0. The number of amides is 1. The van der Waals surface area contributed by atoms with Crippen LogP contribution in [0.5, 0.6) is 5.75 Å². The van der Waals surface area contributed by atoms with Gasteiger partial charge in [-0.3, -0.25) is 4.79 Å². The van der Waals surface area contributed by atoms with Crippen LogP contribution in [0, 0.1) is 18.8 Å². The monoisotopic (exact) mass is 503 g/mol. The lowest BCUT2D eigenvalue weighted by Crippen LogP contribution is -2.17. The number of hydrogen-bond donors (Lipinski definition) is 2. The van der Waals surface area contributed by atoms with Crippen molar-refractivity contribution >= 4 is 11.7 Å². The van der Waals surface area contributed by atoms with Gasteiger partial charge in [0.25, 0.3) is 5.91 Å². The molecule has 1 saturated heterocycles. The highest BCUT2D eigenvalue weighted by atomic mass is 16.5. The number of nitrogens with one attached hydrogen (secondary N) is 2. The van der Waals surface area contributed by atoms with E-state index < -0.39 is 0 Å². The molecular formula is C29H37N5O3. The van der Waals surface area contributed by atoms with Gasteiger partial charge in [-0.2, -0.15) is 0 Å². The number of benzene rings is 1. The number of aryl methyl sites for hydroxylation is 1. The fraction of sp³-hybridized carbons (Fsp3) is 0.517. The Morgan fingerprint density at radius 1 is 1.05 bits per heavy atom. The van der Waals surface area contributed by atoms with Gasteiger partial charge < -0.3 is 19.8 Å². The van der Waals surface area contributed by atoms with Crippen molar-refractivity contribution in [3.63, 3.8) is 0 Å². The summed E-state index contributed by atoms with van der Waals surface area (Å²) >= 11 is 0. The van der Waals surface area contributed by atoms with Crippen LogP contribution in [0.25, 0.3) is 11.1 Å². The number of hydrogen-bond acceptors (Lipinski definition) is 6. The maximum atomic E-state index is 12.8. The van der Waals surface area contributed by atoms with Gasteiger partial charge in [-0.05, 0) is 79.0 Å². The van der Waals surface area contributed by atoms with Crippen LogP contribution in [0.4, 0.5) is 5.82 Å². The number of H-pyrrole nitrogens is 1. The fourth-order valence-electron chi connectivity index (χ4n) is 5.38. The smallest absolute Gasteiger partial charge is 0.294 e. The molecule has 5 rings (SSSR count). The molecule has 1 saturated carbocycles. The lowest BCUT2D eigenvalue weighted by atomic mass is 9.87. The third-order valence-corrected chi connectivity index (χ3v) is 7.61. The molecule has 3 heterocycles. The number of nitrogens with zero attached hydrogens (tertiary/aromatic N) is 3. The first-order valence-corrected chi connectivity index (χ1v) is 13.6. The quantitative estimate of drug-likeness (QED) is 0.386. The van der Waals surface area contributed by atoms with Gasteiger partial charge in [-0.15, -0.1) is 10.2 Å². The van der Waals surface area contributed by atoms with Gasteiger partial charge in [0.2, 0.25) is 5.82 Å². The second-order valence-electron chi connectivity index (χ2n) is 10.4. The standard InChI is InChI=1S/C29H37N5O3/c1-20-7-8-24(37-16-12-21-10-14-36-15-11-21)19-25(20)23-9-13-30-26(18-23)32-29(35)28-31-27(33-34-28)17-22-5-3-2-4-6-22/h7-9,13,18-19,21-22H,2-6,10-12,14-17H2,1H3,(H,30,32,35)(H,31,33,34). The van der Waals surface area contributed by atoms with E-state index in [1.807, 2.05) is 18.2 Å². The van der Waals surface area contributed by atoms with Crippen LogP contribution in [0.2, 0.25) is 0 Å². The molecule has 1 aliphatic heterocycles. The fourth-order valence-corrected chi connectivity index (χ4v) is 5.38. The average Bonchev–Trinajstić information content (AvgIpc) is 3.40. The number of pyridine rings is 1. The van der Waals surface area contributed by atoms with Crippen LogP contribution in [0.3, 0.4) is 0 Å². The Kier molecular flexibility index (Phi) is 8.46. The molecule has 0 atom stereocenters. The zero-order valence-electron chi connectivity index (χ0n) is 21.7. The number of ether oxygens (including phenoxy) is 2. The first-order chi connectivity index (χ1) is 18.1. The molecule has 0 radical (unpaired) electrons. The van der Waals surface area contributed by atoms with E-state index in [2.05, 4.69) is 44.5 Å². The Morgan fingerprint density at radius 2 is 1.89 bits per heavy atom. The molecule has 2 N–H and O–H groups in total. The maximum absolute atomic E-state index is 12.8. The summed E-state index contributed by atoms with van der Waals surface area (Å²) in [5, 5.41) is 11.1. The van der Waals surface area contributed by atoms with Crippen molar-refractivity contribution < 1.29 is 14.3 Å². The summed E-state index contributed by atoms with van der Waals surface area (Å²) in [5.74, 6) is 3.28. The molecule has 2 aromatic heterocycles. The Balaban J connectivity index is 1.20. The molecule has 1 aliphatic carbocycles. The SMILES string of the molecule is Cc1ccc(OCCC2CCOCC2)cc1-c1ccnc(NC(=O)c2nnc(CC3CCCCC3)[nH]2)c1. The number of carbonyl (C=O) groups excluding carboxylic acids is 1. The molecule has 0 unspecified atom stereocenters. The van der Waals surface area contributed by atoms with E-state index in [9.17, 15) is 4.79 Å². The Labute approximate surface area is 218 Å². The van der Waals surface area contributed by atoms with Crippen LogP contribution in [-0.2, 0) is 11.2 Å². The Hall–Kier alpha value is -3.26. The second-order valence-corrected chi connectivity index (χ2v) is 10.4. The van der Waals surface area contributed by atoms with Crippen molar-refractivity contribution in [3.8, 4) is 16.9 Å². The van der Waals surface area contributed by atoms with E-state index in [1.54, 1.807) is 6.20 Å². The van der Waals surface area contributed by atoms with E-state index >= 15 is 0 Å². The number of aromatic nitrogens is 4. The normalized spacial score (nSPS) is 17.0. The van der Waals surface area contributed by atoms with Crippen molar-refractivity contribution in [3.05, 3.63) is 53.7 Å². The van der Waals surface area contributed by atoms with Gasteiger partial charge in [0.15, 0.2) is 0 Å².